The van der Waals surface area contributed by atoms with Crippen LogP contribution in [-0.2, 0) is 12.8 Å². The standard InChI is InChI=1S/C14H19NO/c1-3-4-11(2)9-12-5-6-13(7-8-15)14(16)10-12/h3-6,10,16H,1,7-9,15H2,2H3/b11-4+. The van der Waals surface area contributed by atoms with Crippen molar-refractivity contribution in [3.8, 4) is 5.75 Å². The first-order valence-corrected chi connectivity index (χ1v) is 5.46. The van der Waals surface area contributed by atoms with Crippen molar-refractivity contribution >= 4 is 0 Å². The van der Waals surface area contributed by atoms with Crippen molar-refractivity contribution < 1.29 is 5.11 Å². The van der Waals surface area contributed by atoms with Gasteiger partial charge in [0.05, 0.1) is 0 Å². The molecule has 0 saturated heterocycles. The lowest BCUT2D eigenvalue weighted by molar-refractivity contribution is 0.467. The van der Waals surface area contributed by atoms with Crippen LogP contribution in [0.2, 0.25) is 0 Å². The van der Waals surface area contributed by atoms with Gasteiger partial charge in [0, 0.05) is 0 Å². The normalized spacial score (nSPS) is 11.5. The molecule has 16 heavy (non-hydrogen) atoms. The van der Waals surface area contributed by atoms with E-state index in [1.807, 2.05) is 31.2 Å². The molecule has 86 valence electrons. The Morgan fingerprint density at radius 2 is 2.25 bits per heavy atom. The van der Waals surface area contributed by atoms with Crippen molar-refractivity contribution in [2.45, 2.75) is 19.8 Å². The number of rotatable bonds is 5. The Kier molecular flexibility index (Phi) is 4.80. The number of phenols is 1. The summed E-state index contributed by atoms with van der Waals surface area (Å²) in [4.78, 5) is 0. The largest absolute Gasteiger partial charge is 0.508 e. The molecule has 0 atom stereocenters. The molecule has 0 bridgehead atoms. The number of hydrogen-bond donors (Lipinski definition) is 2. The molecule has 0 fully saturated rings. The van der Waals surface area contributed by atoms with Crippen LogP contribution in [0, 0.1) is 0 Å². The second kappa shape index (κ2) is 6.13. The SMILES string of the molecule is C=C/C=C(\C)Cc1ccc(CCN)c(O)c1. The number of hydrogen-bond acceptors (Lipinski definition) is 2. The van der Waals surface area contributed by atoms with Gasteiger partial charge in [-0.1, -0.05) is 36.4 Å². The first-order chi connectivity index (χ1) is 7.67. The van der Waals surface area contributed by atoms with Crippen molar-refractivity contribution in [1.29, 1.82) is 0 Å². The predicted molar refractivity (Wildman–Crippen MR) is 68.5 cm³/mol. The average molecular weight is 217 g/mol. The fourth-order valence-electron chi connectivity index (χ4n) is 1.67. The quantitative estimate of drug-likeness (QED) is 0.745. The highest BCUT2D eigenvalue weighted by Crippen LogP contribution is 2.20. The summed E-state index contributed by atoms with van der Waals surface area (Å²) in [5, 5.41) is 9.77. The molecule has 0 aliphatic carbocycles. The summed E-state index contributed by atoms with van der Waals surface area (Å²) in [6.07, 6.45) is 5.30. The van der Waals surface area contributed by atoms with Gasteiger partial charge in [-0.2, -0.15) is 0 Å². The van der Waals surface area contributed by atoms with Crippen LogP contribution in [0.25, 0.3) is 0 Å². The molecular weight excluding hydrogens is 198 g/mol. The van der Waals surface area contributed by atoms with E-state index in [0.29, 0.717) is 18.7 Å². The van der Waals surface area contributed by atoms with Crippen LogP contribution in [0.5, 0.6) is 5.75 Å². The van der Waals surface area contributed by atoms with Gasteiger partial charge in [0.15, 0.2) is 0 Å². The third kappa shape index (κ3) is 3.55. The van der Waals surface area contributed by atoms with Gasteiger partial charge < -0.3 is 10.8 Å². The molecule has 0 spiro atoms. The first-order valence-electron chi connectivity index (χ1n) is 5.46. The minimum atomic E-state index is 0.342. The molecule has 3 N–H and O–H groups in total. The minimum Gasteiger partial charge on any atom is -0.508 e. The number of nitrogens with two attached hydrogens (primary N) is 1. The minimum absolute atomic E-state index is 0.342. The molecule has 0 amide bonds. The number of allylic oxidation sites excluding steroid dienone is 3. The summed E-state index contributed by atoms with van der Waals surface area (Å²) in [6.45, 7) is 6.26. The van der Waals surface area contributed by atoms with Crippen LogP contribution in [-0.4, -0.2) is 11.7 Å². The third-order valence-electron chi connectivity index (χ3n) is 2.45. The fraction of sp³-hybridized carbons (Fsp3) is 0.286. The Bertz CT molecular complexity index is 394. The van der Waals surface area contributed by atoms with Crippen molar-refractivity contribution in [2.75, 3.05) is 6.54 Å². The molecule has 0 aliphatic rings. The van der Waals surface area contributed by atoms with Crippen LogP contribution < -0.4 is 5.73 Å². The molecule has 0 unspecified atom stereocenters. The number of aromatic hydroxyl groups is 1. The molecule has 0 aliphatic heterocycles. The van der Waals surface area contributed by atoms with Gasteiger partial charge in [-0.25, -0.2) is 0 Å². The van der Waals surface area contributed by atoms with E-state index < -0.39 is 0 Å². The zero-order valence-electron chi connectivity index (χ0n) is 9.74. The zero-order chi connectivity index (χ0) is 12.0. The summed E-state index contributed by atoms with van der Waals surface area (Å²) in [5.41, 5.74) is 8.70. The molecule has 1 rings (SSSR count). The maximum Gasteiger partial charge on any atom is 0.119 e. The lowest BCUT2D eigenvalue weighted by atomic mass is 10.0. The topological polar surface area (TPSA) is 46.2 Å². The average Bonchev–Trinajstić information content (AvgIpc) is 2.22. The van der Waals surface area contributed by atoms with E-state index in [4.69, 9.17) is 5.73 Å². The highest BCUT2D eigenvalue weighted by atomic mass is 16.3. The van der Waals surface area contributed by atoms with E-state index in [0.717, 1.165) is 17.5 Å². The number of benzene rings is 1. The van der Waals surface area contributed by atoms with E-state index >= 15 is 0 Å². The fourth-order valence-corrected chi connectivity index (χ4v) is 1.67. The smallest absolute Gasteiger partial charge is 0.119 e. The van der Waals surface area contributed by atoms with Gasteiger partial charge in [-0.15, -0.1) is 0 Å². The molecular formula is C14H19NO. The molecule has 0 heterocycles. The Morgan fingerprint density at radius 1 is 1.50 bits per heavy atom. The highest BCUT2D eigenvalue weighted by molar-refractivity contribution is 5.38. The molecule has 2 heteroatoms. The lowest BCUT2D eigenvalue weighted by Crippen LogP contribution is -2.03. The summed E-state index contributed by atoms with van der Waals surface area (Å²) < 4.78 is 0. The summed E-state index contributed by atoms with van der Waals surface area (Å²) in [6, 6.07) is 5.79. The Morgan fingerprint density at radius 3 is 2.81 bits per heavy atom. The van der Waals surface area contributed by atoms with Crippen LogP contribution in [0.15, 0.2) is 42.5 Å². The van der Waals surface area contributed by atoms with Gasteiger partial charge >= 0.3 is 0 Å². The van der Waals surface area contributed by atoms with Gasteiger partial charge in [-0.05, 0) is 43.5 Å². The lowest BCUT2D eigenvalue weighted by Gasteiger charge is -2.06. The second-order valence-corrected chi connectivity index (χ2v) is 3.93. The molecule has 1 aromatic rings. The maximum absolute atomic E-state index is 9.77. The molecule has 2 nitrogen and oxygen atoms in total. The molecule has 1 aromatic carbocycles. The van der Waals surface area contributed by atoms with Crippen LogP contribution in [0.4, 0.5) is 0 Å². The molecule has 0 aromatic heterocycles. The van der Waals surface area contributed by atoms with E-state index in [2.05, 4.69) is 6.58 Å². The number of phenolic OH excluding ortho intramolecular Hbond substituents is 1. The Balaban J connectivity index is 2.80. The van der Waals surface area contributed by atoms with Crippen molar-refractivity contribution in [3.05, 3.63) is 53.6 Å². The first kappa shape index (κ1) is 12.5. The van der Waals surface area contributed by atoms with Crippen LogP contribution in [0.1, 0.15) is 18.1 Å². The summed E-state index contributed by atoms with van der Waals surface area (Å²) in [7, 11) is 0. The zero-order valence-corrected chi connectivity index (χ0v) is 9.74. The van der Waals surface area contributed by atoms with Crippen molar-refractivity contribution in [2.24, 2.45) is 5.73 Å². The van der Waals surface area contributed by atoms with Crippen LogP contribution in [0.3, 0.4) is 0 Å². The monoisotopic (exact) mass is 217 g/mol. The van der Waals surface area contributed by atoms with Gasteiger partial charge in [0.1, 0.15) is 5.75 Å². The third-order valence-corrected chi connectivity index (χ3v) is 2.45. The second-order valence-electron chi connectivity index (χ2n) is 3.93. The van der Waals surface area contributed by atoms with Gasteiger partial charge in [0.2, 0.25) is 0 Å². The van der Waals surface area contributed by atoms with Gasteiger partial charge in [-0.3, -0.25) is 0 Å². The van der Waals surface area contributed by atoms with E-state index in [9.17, 15) is 5.11 Å². The molecule has 0 radical (unpaired) electrons. The van der Waals surface area contributed by atoms with E-state index in [1.165, 1.54) is 5.57 Å². The Labute approximate surface area is 97.1 Å². The van der Waals surface area contributed by atoms with E-state index in [-0.39, 0.29) is 0 Å². The summed E-state index contributed by atoms with van der Waals surface area (Å²) in [5.74, 6) is 0.342. The van der Waals surface area contributed by atoms with Gasteiger partial charge in [0.25, 0.3) is 0 Å². The Hall–Kier alpha value is -1.54. The van der Waals surface area contributed by atoms with Crippen LogP contribution >= 0.6 is 0 Å². The maximum atomic E-state index is 9.77. The highest BCUT2D eigenvalue weighted by Gasteiger charge is 2.02. The van der Waals surface area contributed by atoms with Crippen molar-refractivity contribution in [3.63, 3.8) is 0 Å². The van der Waals surface area contributed by atoms with E-state index in [1.54, 1.807) is 6.08 Å². The summed E-state index contributed by atoms with van der Waals surface area (Å²) >= 11 is 0. The predicted octanol–water partition coefficient (Wildman–Crippen LogP) is 2.57. The molecule has 0 saturated carbocycles. The van der Waals surface area contributed by atoms with Crippen molar-refractivity contribution in [1.82, 2.24) is 0 Å².